The average Bonchev–Trinajstić information content (AvgIpc) is 2.94. The minimum Gasteiger partial charge on any atom is -0.489 e. The number of anilines is 1. The van der Waals surface area contributed by atoms with Gasteiger partial charge < -0.3 is 14.7 Å². The molecule has 0 fully saturated rings. The van der Waals surface area contributed by atoms with Crippen molar-refractivity contribution in [2.75, 3.05) is 18.1 Å². The molecular weight excluding hydrogens is 272 g/mol. The number of carbonyl (C=O) groups is 1. The minimum atomic E-state index is -0.981. The van der Waals surface area contributed by atoms with Crippen LogP contribution in [0.4, 0.5) is 5.69 Å². The van der Waals surface area contributed by atoms with Gasteiger partial charge in [0, 0.05) is 6.54 Å². The fourth-order valence-electron chi connectivity index (χ4n) is 2.48. The predicted molar refractivity (Wildman–Crippen MR) is 75.6 cm³/mol. The molecule has 0 bridgehead atoms. The second-order valence-electron chi connectivity index (χ2n) is 4.72. The van der Waals surface area contributed by atoms with Crippen LogP contribution < -0.4 is 9.64 Å². The van der Waals surface area contributed by atoms with Crippen LogP contribution in [0.25, 0.3) is 0 Å². The normalized spacial score (nSPS) is 13.7. The first kappa shape index (κ1) is 13.4. The number of carboxylic acids is 1. The van der Waals surface area contributed by atoms with Gasteiger partial charge in [-0.3, -0.25) is 0 Å². The van der Waals surface area contributed by atoms with Crippen molar-refractivity contribution in [2.24, 2.45) is 0 Å². The summed E-state index contributed by atoms with van der Waals surface area (Å²) in [5.74, 6) is 0.301. The average molecular weight is 288 g/mol. The Balaban J connectivity index is 1.94. The van der Waals surface area contributed by atoms with E-state index in [1.807, 2.05) is 17.7 Å². The number of aromatic carboxylic acids is 1. The summed E-state index contributed by atoms with van der Waals surface area (Å²) >= 11 is 0. The molecule has 2 aromatic rings. The smallest absolute Gasteiger partial charge is 0.339 e. The minimum absolute atomic E-state index is 0.189. The first-order valence-electron chi connectivity index (χ1n) is 6.81. The highest BCUT2D eigenvalue weighted by Crippen LogP contribution is 2.35. The maximum Gasteiger partial charge on any atom is 0.339 e. The molecule has 0 aliphatic carbocycles. The Labute approximate surface area is 121 Å². The molecule has 0 saturated carbocycles. The fourth-order valence-corrected chi connectivity index (χ4v) is 2.48. The predicted octanol–water partition coefficient (Wildman–Crippen LogP) is 1.40. The molecule has 3 rings (SSSR count). The zero-order valence-electron chi connectivity index (χ0n) is 11.7. The van der Waals surface area contributed by atoms with E-state index in [0.717, 1.165) is 18.1 Å². The molecule has 21 heavy (non-hydrogen) atoms. The standard InChI is InChI=1S/C14H16N4O3/c1-2-18-12(15-9-16-18)8-17-6-7-21-13-10(14(19)20)4-3-5-11(13)17/h3-5,9H,2,6-8H2,1H3,(H,19,20). The van der Waals surface area contributed by atoms with E-state index >= 15 is 0 Å². The molecule has 0 radical (unpaired) electrons. The second-order valence-corrected chi connectivity index (χ2v) is 4.72. The zero-order valence-corrected chi connectivity index (χ0v) is 11.7. The number of rotatable bonds is 4. The van der Waals surface area contributed by atoms with Gasteiger partial charge in [-0.2, -0.15) is 5.10 Å². The van der Waals surface area contributed by atoms with Crippen molar-refractivity contribution in [1.29, 1.82) is 0 Å². The third-order valence-corrected chi connectivity index (χ3v) is 3.50. The molecule has 1 aromatic heterocycles. The van der Waals surface area contributed by atoms with Gasteiger partial charge in [0.15, 0.2) is 5.75 Å². The number of carboxylic acid groups (broad SMARTS) is 1. The molecule has 110 valence electrons. The maximum absolute atomic E-state index is 11.3. The molecule has 1 aromatic carbocycles. The number of hydrogen-bond acceptors (Lipinski definition) is 5. The Morgan fingerprint density at radius 2 is 2.33 bits per heavy atom. The molecule has 0 amide bonds. The Hall–Kier alpha value is -2.57. The van der Waals surface area contributed by atoms with Crippen LogP contribution in [0.2, 0.25) is 0 Å². The van der Waals surface area contributed by atoms with Gasteiger partial charge in [0.1, 0.15) is 24.3 Å². The topological polar surface area (TPSA) is 80.5 Å². The lowest BCUT2D eigenvalue weighted by molar-refractivity contribution is 0.0692. The quantitative estimate of drug-likeness (QED) is 0.916. The van der Waals surface area contributed by atoms with Gasteiger partial charge in [0.25, 0.3) is 0 Å². The summed E-state index contributed by atoms with van der Waals surface area (Å²) in [5, 5.41) is 13.4. The molecular formula is C14H16N4O3. The highest BCUT2D eigenvalue weighted by molar-refractivity contribution is 5.93. The van der Waals surface area contributed by atoms with E-state index in [1.54, 1.807) is 12.1 Å². The van der Waals surface area contributed by atoms with Crippen LogP contribution in [0.5, 0.6) is 5.75 Å². The highest BCUT2D eigenvalue weighted by atomic mass is 16.5. The number of nitrogens with zero attached hydrogens (tertiary/aromatic N) is 4. The van der Waals surface area contributed by atoms with Gasteiger partial charge in [-0.05, 0) is 19.1 Å². The van der Waals surface area contributed by atoms with Crippen LogP contribution >= 0.6 is 0 Å². The lowest BCUT2D eigenvalue weighted by Gasteiger charge is -2.31. The summed E-state index contributed by atoms with van der Waals surface area (Å²) in [4.78, 5) is 17.6. The SMILES string of the molecule is CCn1ncnc1CN1CCOc2c(C(=O)O)cccc21. The Kier molecular flexibility index (Phi) is 3.47. The maximum atomic E-state index is 11.3. The monoisotopic (exact) mass is 288 g/mol. The summed E-state index contributed by atoms with van der Waals surface area (Å²) in [6, 6.07) is 5.15. The molecule has 0 atom stereocenters. The number of ether oxygens (including phenoxy) is 1. The third-order valence-electron chi connectivity index (χ3n) is 3.50. The summed E-state index contributed by atoms with van der Waals surface area (Å²) < 4.78 is 7.39. The third kappa shape index (κ3) is 2.42. The van der Waals surface area contributed by atoms with Crippen LogP contribution in [-0.4, -0.2) is 39.0 Å². The van der Waals surface area contributed by atoms with E-state index < -0.39 is 5.97 Å². The number of aryl methyl sites for hydroxylation is 1. The molecule has 0 saturated heterocycles. The van der Waals surface area contributed by atoms with E-state index in [2.05, 4.69) is 15.0 Å². The number of para-hydroxylation sites is 1. The Morgan fingerprint density at radius 1 is 1.48 bits per heavy atom. The number of aromatic nitrogens is 3. The summed E-state index contributed by atoms with van der Waals surface area (Å²) in [5.41, 5.74) is 0.973. The first-order valence-corrected chi connectivity index (χ1v) is 6.81. The van der Waals surface area contributed by atoms with Crippen molar-refractivity contribution in [3.05, 3.63) is 35.9 Å². The molecule has 7 nitrogen and oxygen atoms in total. The highest BCUT2D eigenvalue weighted by Gasteiger charge is 2.24. The Bertz CT molecular complexity index is 668. The number of hydrogen-bond donors (Lipinski definition) is 1. The van der Waals surface area contributed by atoms with E-state index in [4.69, 9.17) is 4.74 Å². The van der Waals surface area contributed by atoms with Gasteiger partial charge in [-0.15, -0.1) is 0 Å². The van der Waals surface area contributed by atoms with Crippen molar-refractivity contribution in [2.45, 2.75) is 20.0 Å². The van der Waals surface area contributed by atoms with E-state index in [9.17, 15) is 9.90 Å². The van der Waals surface area contributed by atoms with Crippen LogP contribution in [0, 0.1) is 0 Å². The van der Waals surface area contributed by atoms with E-state index in [-0.39, 0.29) is 5.56 Å². The number of fused-ring (bicyclic) bond motifs is 1. The van der Waals surface area contributed by atoms with Crippen molar-refractivity contribution in [3.8, 4) is 5.75 Å². The summed E-state index contributed by atoms with van der Waals surface area (Å²) in [7, 11) is 0. The lowest BCUT2D eigenvalue weighted by atomic mass is 10.1. The van der Waals surface area contributed by atoms with Crippen LogP contribution in [-0.2, 0) is 13.1 Å². The van der Waals surface area contributed by atoms with Crippen molar-refractivity contribution >= 4 is 11.7 Å². The summed E-state index contributed by atoms with van der Waals surface area (Å²) in [6.45, 7) is 4.48. The number of benzene rings is 1. The molecule has 0 unspecified atom stereocenters. The van der Waals surface area contributed by atoms with Gasteiger partial charge in [0.05, 0.1) is 18.8 Å². The zero-order chi connectivity index (χ0) is 14.8. The molecule has 7 heteroatoms. The van der Waals surface area contributed by atoms with E-state index in [1.165, 1.54) is 6.33 Å². The first-order chi connectivity index (χ1) is 10.2. The van der Waals surface area contributed by atoms with Gasteiger partial charge >= 0.3 is 5.97 Å². The molecule has 0 spiro atoms. The molecule has 1 N–H and O–H groups in total. The van der Waals surface area contributed by atoms with Crippen molar-refractivity contribution in [1.82, 2.24) is 14.8 Å². The van der Waals surface area contributed by atoms with Gasteiger partial charge in [-0.1, -0.05) is 6.07 Å². The van der Waals surface area contributed by atoms with Crippen LogP contribution in [0.15, 0.2) is 24.5 Å². The lowest BCUT2D eigenvalue weighted by Crippen LogP contribution is -2.34. The van der Waals surface area contributed by atoms with E-state index in [0.29, 0.717) is 25.4 Å². The Morgan fingerprint density at radius 3 is 3.10 bits per heavy atom. The molecule has 2 heterocycles. The largest absolute Gasteiger partial charge is 0.489 e. The van der Waals surface area contributed by atoms with Crippen molar-refractivity contribution < 1.29 is 14.6 Å². The van der Waals surface area contributed by atoms with Crippen LogP contribution in [0.1, 0.15) is 23.1 Å². The van der Waals surface area contributed by atoms with Crippen LogP contribution in [0.3, 0.4) is 0 Å². The van der Waals surface area contributed by atoms with Gasteiger partial charge in [-0.25, -0.2) is 14.5 Å². The fraction of sp³-hybridized carbons (Fsp3) is 0.357. The molecule has 1 aliphatic rings. The summed E-state index contributed by atoms with van der Waals surface area (Å²) in [6.07, 6.45) is 1.54. The van der Waals surface area contributed by atoms with Crippen molar-refractivity contribution in [3.63, 3.8) is 0 Å². The van der Waals surface area contributed by atoms with Gasteiger partial charge in [0.2, 0.25) is 0 Å². The second kappa shape index (κ2) is 5.43. The molecule has 1 aliphatic heterocycles.